The number of aromatic carboxylic acids is 1. The van der Waals surface area contributed by atoms with Crippen LogP contribution < -0.4 is 24.0 Å². The Morgan fingerprint density at radius 3 is 1.69 bits per heavy atom. The van der Waals surface area contributed by atoms with Crippen LogP contribution in [0.5, 0.6) is 0 Å². The first-order valence-corrected chi connectivity index (χ1v) is 11.4. The molecule has 0 unspecified atom stereocenters. The molecule has 4 heterocycles. The molecule has 35 heavy (non-hydrogen) atoms. The summed E-state index contributed by atoms with van der Waals surface area (Å²) in [6, 6.07) is 0. The smallest absolute Gasteiger partial charge is 0.540 e. The van der Waals surface area contributed by atoms with Crippen LogP contribution in [0, 0.1) is 0 Å². The minimum absolute atomic E-state index is 0. The molecule has 2 aliphatic heterocycles. The van der Waals surface area contributed by atoms with Crippen molar-refractivity contribution in [3.63, 3.8) is 0 Å². The Balaban J connectivity index is 0.000000241. The van der Waals surface area contributed by atoms with Crippen molar-refractivity contribution in [2.75, 3.05) is 73.1 Å². The minimum Gasteiger partial charge on any atom is -0.540 e. The molecule has 0 aromatic carbocycles. The van der Waals surface area contributed by atoms with E-state index in [2.05, 4.69) is 43.7 Å². The Bertz CT molecular complexity index is 921. The first kappa shape index (κ1) is 29.0. The molecule has 12 nitrogen and oxygen atoms in total. The molecule has 0 amide bonds. The second kappa shape index (κ2) is 14.4. The van der Waals surface area contributed by atoms with E-state index in [1.807, 2.05) is 0 Å². The number of rotatable bonds is 7. The summed E-state index contributed by atoms with van der Waals surface area (Å²) in [5.41, 5.74) is 0. The van der Waals surface area contributed by atoms with E-state index in [0.717, 1.165) is 52.4 Å². The second-order valence-electron chi connectivity index (χ2n) is 8.43. The second-order valence-corrected chi connectivity index (χ2v) is 8.43. The van der Waals surface area contributed by atoms with Crippen LogP contribution in [0.15, 0.2) is 21.2 Å². The van der Waals surface area contributed by atoms with Gasteiger partial charge in [-0.3, -0.25) is 9.80 Å². The van der Waals surface area contributed by atoms with Crippen LogP contribution in [0.4, 0.5) is 0 Å². The molecule has 4 rings (SSSR count). The van der Waals surface area contributed by atoms with Crippen molar-refractivity contribution in [3.05, 3.63) is 35.7 Å². The number of piperazine rings is 2. The van der Waals surface area contributed by atoms with E-state index in [1.165, 1.54) is 6.20 Å². The van der Waals surface area contributed by atoms with Crippen molar-refractivity contribution in [2.24, 2.45) is 0 Å². The normalized spacial score (nSPS) is 17.8. The molecule has 0 radical (unpaired) electrons. The van der Waals surface area contributed by atoms with Crippen molar-refractivity contribution < 1.29 is 47.1 Å². The summed E-state index contributed by atoms with van der Waals surface area (Å²) < 4.78 is 15.3. The van der Waals surface area contributed by atoms with Gasteiger partial charge >= 0.3 is 30.7 Å². The number of carbonyl (C=O) groups is 2. The number of oxazole rings is 2. The summed E-state index contributed by atoms with van der Waals surface area (Å²) >= 11 is 0. The van der Waals surface area contributed by atoms with Gasteiger partial charge in [-0.1, -0.05) is 0 Å². The van der Waals surface area contributed by atoms with E-state index in [-0.39, 0.29) is 30.6 Å². The van der Waals surface area contributed by atoms with Crippen LogP contribution in [0.25, 0.3) is 0 Å². The fourth-order valence-corrected chi connectivity index (χ4v) is 3.60. The van der Waals surface area contributed by atoms with E-state index >= 15 is 0 Å². The van der Waals surface area contributed by atoms with Gasteiger partial charge in [0.25, 0.3) is 0 Å². The molecule has 2 aromatic heterocycles. The van der Waals surface area contributed by atoms with Crippen molar-refractivity contribution in [3.8, 4) is 0 Å². The van der Waals surface area contributed by atoms with Gasteiger partial charge < -0.3 is 33.3 Å². The maximum atomic E-state index is 11.4. The third-order valence-electron chi connectivity index (χ3n) is 5.68. The molecular formula is C22H33LiN6O6. The van der Waals surface area contributed by atoms with Gasteiger partial charge in [0, 0.05) is 52.4 Å². The minimum atomic E-state index is -1.37. The molecule has 0 atom stereocenters. The first-order valence-electron chi connectivity index (χ1n) is 11.4. The van der Waals surface area contributed by atoms with Gasteiger partial charge in [0.15, 0.2) is 0 Å². The average molecular weight is 484 g/mol. The first-order chi connectivity index (χ1) is 16.3. The van der Waals surface area contributed by atoms with Crippen molar-refractivity contribution in [1.29, 1.82) is 0 Å². The molecule has 0 aliphatic carbocycles. The number of carboxylic acid groups (broad SMARTS) is 1. The fraction of sp³-hybridized carbons (Fsp3) is 0.636. The number of carbonyl (C=O) groups excluding carboxylic acids is 2. The predicted molar refractivity (Wildman–Crippen MR) is 119 cm³/mol. The summed E-state index contributed by atoms with van der Waals surface area (Å²) in [6.07, 6.45) is 3.05. The molecule has 2 fully saturated rings. The van der Waals surface area contributed by atoms with Crippen LogP contribution in [0.2, 0.25) is 0 Å². The van der Waals surface area contributed by atoms with Crippen LogP contribution in [0.1, 0.15) is 39.8 Å². The number of aromatic nitrogens is 2. The number of esters is 1. The Morgan fingerprint density at radius 1 is 0.857 bits per heavy atom. The zero-order valence-corrected chi connectivity index (χ0v) is 21.1. The summed E-state index contributed by atoms with van der Waals surface area (Å²) in [5, 5.41) is 10.5. The van der Waals surface area contributed by atoms with Crippen LogP contribution >= 0.6 is 0 Å². The van der Waals surface area contributed by atoms with Crippen molar-refractivity contribution in [2.45, 2.75) is 20.0 Å². The fourth-order valence-electron chi connectivity index (χ4n) is 3.60. The number of likely N-dealkylation sites (N-methyl/N-ethyl adjacent to an activating group) is 2. The Kier molecular flexibility index (Phi) is 11.9. The maximum absolute atomic E-state index is 11.4. The van der Waals surface area contributed by atoms with Gasteiger partial charge in [0.1, 0.15) is 17.5 Å². The van der Waals surface area contributed by atoms with Crippen LogP contribution in [-0.4, -0.2) is 115 Å². The third-order valence-corrected chi connectivity index (χ3v) is 5.68. The zero-order valence-electron chi connectivity index (χ0n) is 21.1. The van der Waals surface area contributed by atoms with Gasteiger partial charge in [0.2, 0.25) is 5.89 Å². The molecule has 2 saturated heterocycles. The maximum Gasteiger partial charge on any atom is 1.00 e. The summed E-state index contributed by atoms with van der Waals surface area (Å²) in [4.78, 5) is 38.5. The number of ether oxygens (including phenoxy) is 1. The van der Waals surface area contributed by atoms with Gasteiger partial charge in [0.05, 0.1) is 32.1 Å². The summed E-state index contributed by atoms with van der Waals surface area (Å²) in [6.45, 7) is 11.4. The summed E-state index contributed by atoms with van der Waals surface area (Å²) in [5.74, 6) is -0.886. The molecule has 0 N–H and O–H groups in total. The standard InChI is InChI=1S/C12H19N3O3.C10H15N3O3.Li/c1-3-17-12(16)11-13-8-10(18-11)9-15-6-4-14(2)5-7-15;1-12-2-4-13(5-3-12)7-8-6-11-9(16-8)10(14)15;/h8H,3-7,9H2,1-2H3;6H,2-5,7H2,1H3,(H,14,15);/q;;+1/p-1. The van der Waals surface area contributed by atoms with E-state index in [0.29, 0.717) is 31.2 Å². The van der Waals surface area contributed by atoms with Gasteiger partial charge in [-0.05, 0) is 21.0 Å². The molecule has 0 bridgehead atoms. The molecule has 2 aromatic rings. The number of hydrogen-bond acceptors (Lipinski definition) is 12. The number of carboxylic acids is 1. The third kappa shape index (κ3) is 9.40. The molecule has 0 spiro atoms. The van der Waals surface area contributed by atoms with Gasteiger partial charge in [-0.2, -0.15) is 0 Å². The van der Waals surface area contributed by atoms with Crippen LogP contribution in [0.3, 0.4) is 0 Å². The van der Waals surface area contributed by atoms with Gasteiger partial charge in [-0.15, -0.1) is 0 Å². The quantitative estimate of drug-likeness (QED) is 0.284. The SMILES string of the molecule is CCOC(=O)c1ncc(CN2CCN(C)CC2)o1.CN1CCN(Cc2cnc(C(=O)[O-])o2)CC1.[Li+]. The van der Waals surface area contributed by atoms with E-state index in [9.17, 15) is 14.7 Å². The monoisotopic (exact) mass is 484 g/mol. The van der Waals surface area contributed by atoms with E-state index in [1.54, 1.807) is 13.1 Å². The van der Waals surface area contributed by atoms with Crippen LogP contribution in [-0.2, 0) is 17.8 Å². The largest absolute Gasteiger partial charge is 1.00 e. The van der Waals surface area contributed by atoms with Crippen molar-refractivity contribution in [1.82, 2.24) is 29.6 Å². The Hall–Kier alpha value is -2.20. The van der Waals surface area contributed by atoms with E-state index in [4.69, 9.17) is 13.6 Å². The molecular weight excluding hydrogens is 451 g/mol. The molecule has 188 valence electrons. The molecule has 13 heteroatoms. The number of hydrogen-bond donors (Lipinski definition) is 0. The Labute approximate surface area is 217 Å². The summed E-state index contributed by atoms with van der Waals surface area (Å²) in [7, 11) is 4.20. The molecule has 2 aliphatic rings. The van der Waals surface area contributed by atoms with E-state index < -0.39 is 11.9 Å². The zero-order chi connectivity index (χ0) is 24.5. The Morgan fingerprint density at radius 2 is 1.29 bits per heavy atom. The van der Waals surface area contributed by atoms with Gasteiger partial charge in [-0.25, -0.2) is 14.8 Å². The topological polar surface area (TPSA) is 131 Å². The predicted octanol–water partition coefficient (Wildman–Crippen LogP) is -3.61. The number of nitrogens with zero attached hydrogens (tertiary/aromatic N) is 6. The molecule has 0 saturated carbocycles. The average Bonchev–Trinajstić information content (AvgIpc) is 3.48. The van der Waals surface area contributed by atoms with Crippen molar-refractivity contribution >= 4 is 11.9 Å².